The van der Waals surface area contributed by atoms with Crippen LogP contribution in [0.2, 0.25) is 0 Å². The first-order chi connectivity index (χ1) is 13.9. The second-order valence-electron chi connectivity index (χ2n) is 7.19. The number of carbonyl (C=O) groups excluding carboxylic acids is 3. The maximum absolute atomic E-state index is 12.7. The highest BCUT2D eigenvalue weighted by atomic mass is 32.2. The Hall–Kier alpha value is -2.34. The summed E-state index contributed by atoms with van der Waals surface area (Å²) in [6.07, 6.45) is 1.43. The Kier molecular flexibility index (Phi) is 12.7. The molecule has 30 heavy (non-hydrogen) atoms. The van der Waals surface area contributed by atoms with Crippen molar-refractivity contribution in [2.45, 2.75) is 64.2 Å². The maximum Gasteiger partial charge on any atom is 0.326 e. The van der Waals surface area contributed by atoms with Gasteiger partial charge in [0, 0.05) is 6.42 Å². The number of amides is 3. The third-order valence-corrected chi connectivity index (χ3v) is 4.81. The summed E-state index contributed by atoms with van der Waals surface area (Å²) in [7, 11) is 0. The van der Waals surface area contributed by atoms with E-state index in [-0.39, 0.29) is 12.8 Å². The first-order valence-electron chi connectivity index (χ1n) is 9.50. The molecule has 0 aromatic carbocycles. The minimum Gasteiger partial charge on any atom is -0.481 e. The van der Waals surface area contributed by atoms with Gasteiger partial charge in [-0.15, -0.1) is 0 Å². The third kappa shape index (κ3) is 10.4. The Labute approximate surface area is 179 Å². The summed E-state index contributed by atoms with van der Waals surface area (Å²) in [5, 5.41) is 25.5. The largest absolute Gasteiger partial charge is 0.481 e. The molecule has 172 valence electrons. The molecule has 0 bridgehead atoms. The van der Waals surface area contributed by atoms with Gasteiger partial charge in [-0.05, 0) is 37.7 Å². The highest BCUT2D eigenvalue weighted by molar-refractivity contribution is 7.98. The fraction of sp³-hybridized carbons (Fsp3) is 0.722. The predicted octanol–water partition coefficient (Wildman–Crippen LogP) is -0.853. The number of nitrogens with two attached hydrogens (primary N) is 1. The van der Waals surface area contributed by atoms with Crippen LogP contribution in [0.25, 0.3) is 0 Å². The normalized spacial score (nSPS) is 14.9. The van der Waals surface area contributed by atoms with E-state index in [0.717, 1.165) is 0 Å². The second-order valence-corrected chi connectivity index (χ2v) is 8.18. The van der Waals surface area contributed by atoms with Gasteiger partial charge in [0.15, 0.2) is 0 Å². The van der Waals surface area contributed by atoms with Crippen molar-refractivity contribution in [3.05, 3.63) is 0 Å². The maximum atomic E-state index is 12.7. The van der Waals surface area contributed by atoms with Gasteiger partial charge in [-0.1, -0.05) is 13.8 Å². The van der Waals surface area contributed by atoms with E-state index in [2.05, 4.69) is 16.0 Å². The monoisotopic (exact) mass is 448 g/mol. The first kappa shape index (κ1) is 27.7. The molecule has 0 aliphatic heterocycles. The van der Waals surface area contributed by atoms with Gasteiger partial charge in [-0.25, -0.2) is 4.79 Å². The van der Waals surface area contributed by atoms with Crippen LogP contribution < -0.4 is 21.7 Å². The smallest absolute Gasteiger partial charge is 0.326 e. The molecule has 0 radical (unpaired) electrons. The van der Waals surface area contributed by atoms with Crippen LogP contribution in [0.1, 0.15) is 40.0 Å². The zero-order chi connectivity index (χ0) is 23.4. The van der Waals surface area contributed by atoms with E-state index in [0.29, 0.717) is 5.75 Å². The van der Waals surface area contributed by atoms with Crippen LogP contribution in [-0.4, -0.2) is 76.0 Å². The average molecular weight is 449 g/mol. The Morgan fingerprint density at radius 2 is 1.37 bits per heavy atom. The molecule has 0 rings (SSSR count). The van der Waals surface area contributed by atoms with Crippen LogP contribution in [0.5, 0.6) is 0 Å². The van der Waals surface area contributed by atoms with Gasteiger partial charge in [0.1, 0.15) is 18.1 Å². The molecule has 0 spiro atoms. The number of carbonyl (C=O) groups is 5. The fourth-order valence-electron chi connectivity index (χ4n) is 2.38. The zero-order valence-corrected chi connectivity index (χ0v) is 18.5. The molecule has 0 aliphatic rings. The molecule has 7 N–H and O–H groups in total. The average Bonchev–Trinajstić information content (AvgIpc) is 2.64. The van der Waals surface area contributed by atoms with Gasteiger partial charge in [-0.2, -0.15) is 11.8 Å². The minimum atomic E-state index is -1.28. The van der Waals surface area contributed by atoms with Gasteiger partial charge in [0.05, 0.1) is 6.04 Å². The number of rotatable bonds is 14. The van der Waals surface area contributed by atoms with E-state index in [1.807, 2.05) is 6.26 Å². The lowest BCUT2D eigenvalue weighted by molar-refractivity contribution is -0.144. The standard InChI is InChI=1S/C18H32N4O7S/c1-9(2)14(18(28)29)22-17(27)11(5-6-13(23)24)21-16(26)12(7-8-30-4)20-15(25)10(3)19/h9-12,14H,5-8,19H2,1-4H3,(H,20,25)(H,21,26)(H,22,27)(H,23,24)(H,28,29). The molecule has 0 aromatic rings. The van der Waals surface area contributed by atoms with E-state index in [4.69, 9.17) is 10.8 Å². The van der Waals surface area contributed by atoms with Crippen molar-refractivity contribution in [1.29, 1.82) is 0 Å². The van der Waals surface area contributed by atoms with Gasteiger partial charge in [0.25, 0.3) is 0 Å². The van der Waals surface area contributed by atoms with E-state index < -0.39 is 66.2 Å². The fourth-order valence-corrected chi connectivity index (χ4v) is 2.86. The molecule has 0 saturated heterocycles. The second kappa shape index (κ2) is 13.8. The number of carboxylic acids is 2. The van der Waals surface area contributed by atoms with Crippen molar-refractivity contribution >= 4 is 41.4 Å². The number of aliphatic carboxylic acids is 2. The molecule has 3 amide bonds. The molecule has 0 fully saturated rings. The van der Waals surface area contributed by atoms with Crippen molar-refractivity contribution in [2.24, 2.45) is 11.7 Å². The van der Waals surface area contributed by atoms with Crippen molar-refractivity contribution in [3.63, 3.8) is 0 Å². The predicted molar refractivity (Wildman–Crippen MR) is 112 cm³/mol. The van der Waals surface area contributed by atoms with Crippen LogP contribution in [0.3, 0.4) is 0 Å². The van der Waals surface area contributed by atoms with Gasteiger partial charge in [-0.3, -0.25) is 19.2 Å². The molecule has 0 aliphatic carbocycles. The molecule has 4 atom stereocenters. The Bertz CT molecular complexity index is 628. The molecule has 0 saturated carbocycles. The summed E-state index contributed by atoms with van der Waals surface area (Å²) in [5.41, 5.74) is 5.52. The first-order valence-corrected chi connectivity index (χ1v) is 10.9. The lowest BCUT2D eigenvalue weighted by Crippen LogP contribution is -2.57. The molecule has 0 aromatic heterocycles. The van der Waals surface area contributed by atoms with Crippen molar-refractivity contribution in [2.75, 3.05) is 12.0 Å². The van der Waals surface area contributed by atoms with Crippen LogP contribution >= 0.6 is 11.8 Å². The lowest BCUT2D eigenvalue weighted by Gasteiger charge is -2.25. The van der Waals surface area contributed by atoms with E-state index >= 15 is 0 Å². The SMILES string of the molecule is CSCCC(NC(=O)C(C)N)C(=O)NC(CCC(=O)O)C(=O)NC(C(=O)O)C(C)C. The summed E-state index contributed by atoms with van der Waals surface area (Å²) < 4.78 is 0. The summed E-state index contributed by atoms with van der Waals surface area (Å²) in [6, 6.07) is -4.30. The topological polar surface area (TPSA) is 188 Å². The summed E-state index contributed by atoms with van der Waals surface area (Å²) >= 11 is 1.45. The Morgan fingerprint density at radius 1 is 0.867 bits per heavy atom. The zero-order valence-electron chi connectivity index (χ0n) is 17.6. The number of hydrogen-bond acceptors (Lipinski definition) is 7. The molecular weight excluding hydrogens is 416 g/mol. The highest BCUT2D eigenvalue weighted by Gasteiger charge is 2.31. The third-order valence-electron chi connectivity index (χ3n) is 4.17. The quantitative estimate of drug-likeness (QED) is 0.197. The van der Waals surface area contributed by atoms with Gasteiger partial charge in [0.2, 0.25) is 17.7 Å². The van der Waals surface area contributed by atoms with Crippen molar-refractivity contribution < 1.29 is 34.2 Å². The molecular formula is C18H32N4O7S. The highest BCUT2D eigenvalue weighted by Crippen LogP contribution is 2.07. The molecule has 11 nitrogen and oxygen atoms in total. The number of hydrogen-bond donors (Lipinski definition) is 6. The lowest BCUT2D eigenvalue weighted by atomic mass is 10.0. The van der Waals surface area contributed by atoms with Crippen LogP contribution in [0, 0.1) is 5.92 Å². The number of nitrogens with one attached hydrogen (secondary N) is 3. The number of carboxylic acid groups (broad SMARTS) is 2. The van der Waals surface area contributed by atoms with Gasteiger partial charge < -0.3 is 31.9 Å². The summed E-state index contributed by atoms with van der Waals surface area (Å²) in [4.78, 5) is 59.5. The van der Waals surface area contributed by atoms with Gasteiger partial charge >= 0.3 is 11.9 Å². The summed E-state index contributed by atoms with van der Waals surface area (Å²) in [6.45, 7) is 4.66. The summed E-state index contributed by atoms with van der Waals surface area (Å²) in [5.74, 6) is -4.35. The van der Waals surface area contributed by atoms with E-state index in [1.54, 1.807) is 13.8 Å². The molecule has 12 heteroatoms. The van der Waals surface area contributed by atoms with E-state index in [1.165, 1.54) is 18.7 Å². The Morgan fingerprint density at radius 3 is 1.80 bits per heavy atom. The van der Waals surface area contributed by atoms with E-state index in [9.17, 15) is 29.1 Å². The van der Waals surface area contributed by atoms with Crippen LogP contribution in [0.4, 0.5) is 0 Å². The van der Waals surface area contributed by atoms with Crippen molar-refractivity contribution in [3.8, 4) is 0 Å². The Balaban J connectivity index is 5.43. The molecule has 0 heterocycles. The molecule has 4 unspecified atom stereocenters. The number of thioether (sulfide) groups is 1. The minimum absolute atomic E-state index is 0.242. The van der Waals surface area contributed by atoms with Crippen LogP contribution in [0.15, 0.2) is 0 Å². The van der Waals surface area contributed by atoms with Crippen molar-refractivity contribution in [1.82, 2.24) is 16.0 Å². The van der Waals surface area contributed by atoms with Crippen LogP contribution in [-0.2, 0) is 24.0 Å².